The van der Waals surface area contributed by atoms with Crippen molar-refractivity contribution in [2.45, 2.75) is 0 Å². The van der Waals surface area contributed by atoms with Gasteiger partial charge in [0.15, 0.2) is 0 Å². The molecule has 0 bridgehead atoms. The maximum atomic E-state index is 11.4. The highest BCUT2D eigenvalue weighted by atomic mass is 35.5. The van der Waals surface area contributed by atoms with Gasteiger partial charge in [-0.05, 0) is 24.3 Å². The fraction of sp³-hybridized carbons (Fsp3) is 0. The second-order valence-corrected chi connectivity index (χ2v) is 3.39. The first-order chi connectivity index (χ1) is 7.18. The van der Waals surface area contributed by atoms with Crippen LogP contribution in [0, 0.1) is 0 Å². The first-order valence-corrected chi connectivity index (χ1v) is 4.66. The molecule has 2 rings (SSSR count). The van der Waals surface area contributed by atoms with E-state index in [1.165, 1.54) is 16.9 Å². The molecule has 0 aliphatic rings. The zero-order valence-corrected chi connectivity index (χ0v) is 8.48. The number of nitrogen functional groups attached to an aromatic ring is 1. The third-order valence-corrected chi connectivity index (χ3v) is 2.27. The second-order valence-electron chi connectivity index (χ2n) is 2.98. The van der Waals surface area contributed by atoms with Crippen molar-refractivity contribution >= 4 is 17.3 Å². The lowest BCUT2D eigenvalue weighted by molar-refractivity contribution is 0.807. The van der Waals surface area contributed by atoms with Crippen LogP contribution in [0.2, 0.25) is 5.02 Å². The molecular weight excluding hydrogens is 214 g/mol. The Balaban J connectivity index is 2.60. The Morgan fingerprint density at radius 2 is 2.13 bits per heavy atom. The standard InChI is InChI=1S/C10H8ClN3O/c11-8-6-7(3-4-9(8)12)14-10(15)2-1-5-13-14/h1-6H,12H2. The molecular formula is C10H8ClN3O. The smallest absolute Gasteiger partial charge is 0.271 e. The molecule has 0 fully saturated rings. The molecule has 0 aliphatic heterocycles. The molecule has 0 saturated heterocycles. The lowest BCUT2D eigenvalue weighted by Crippen LogP contribution is -2.19. The largest absolute Gasteiger partial charge is 0.398 e. The summed E-state index contributed by atoms with van der Waals surface area (Å²) < 4.78 is 1.26. The molecule has 5 heteroatoms. The highest BCUT2D eigenvalue weighted by molar-refractivity contribution is 6.33. The summed E-state index contributed by atoms with van der Waals surface area (Å²) in [7, 11) is 0. The van der Waals surface area contributed by atoms with Gasteiger partial charge in [0.25, 0.3) is 5.56 Å². The SMILES string of the molecule is Nc1ccc(-n2ncccc2=O)cc1Cl. The van der Waals surface area contributed by atoms with Crippen LogP contribution >= 0.6 is 11.6 Å². The molecule has 15 heavy (non-hydrogen) atoms. The molecule has 0 aliphatic carbocycles. The van der Waals surface area contributed by atoms with E-state index in [2.05, 4.69) is 5.10 Å². The molecule has 2 aromatic rings. The summed E-state index contributed by atoms with van der Waals surface area (Å²) in [5.41, 5.74) is 6.43. The predicted molar refractivity (Wildman–Crippen MR) is 59.3 cm³/mol. The fourth-order valence-corrected chi connectivity index (χ4v) is 1.37. The normalized spacial score (nSPS) is 10.2. The molecule has 0 saturated carbocycles. The fourth-order valence-electron chi connectivity index (χ4n) is 1.20. The van der Waals surface area contributed by atoms with Crippen LogP contribution in [0.4, 0.5) is 5.69 Å². The van der Waals surface area contributed by atoms with E-state index in [9.17, 15) is 4.79 Å². The summed E-state index contributed by atoms with van der Waals surface area (Å²) in [6.45, 7) is 0. The van der Waals surface area contributed by atoms with Gasteiger partial charge in [-0.3, -0.25) is 4.79 Å². The van der Waals surface area contributed by atoms with E-state index < -0.39 is 0 Å². The maximum absolute atomic E-state index is 11.4. The predicted octanol–water partition coefficient (Wildman–Crippen LogP) is 1.47. The van der Waals surface area contributed by atoms with Crippen molar-refractivity contribution in [1.29, 1.82) is 0 Å². The van der Waals surface area contributed by atoms with Gasteiger partial charge in [0.05, 0.1) is 16.4 Å². The van der Waals surface area contributed by atoms with Crippen LogP contribution in [0.3, 0.4) is 0 Å². The van der Waals surface area contributed by atoms with Gasteiger partial charge in [-0.2, -0.15) is 9.78 Å². The topological polar surface area (TPSA) is 60.9 Å². The molecule has 0 atom stereocenters. The number of hydrogen-bond donors (Lipinski definition) is 1. The van der Waals surface area contributed by atoms with E-state index in [1.54, 1.807) is 24.3 Å². The third-order valence-electron chi connectivity index (χ3n) is 1.94. The first-order valence-electron chi connectivity index (χ1n) is 4.28. The molecule has 0 unspecified atom stereocenters. The monoisotopic (exact) mass is 221 g/mol. The Hall–Kier alpha value is -1.81. The molecule has 1 heterocycles. The summed E-state index contributed by atoms with van der Waals surface area (Å²) in [5.74, 6) is 0. The van der Waals surface area contributed by atoms with Gasteiger partial charge < -0.3 is 5.73 Å². The van der Waals surface area contributed by atoms with Crippen LogP contribution in [-0.2, 0) is 0 Å². The van der Waals surface area contributed by atoms with Gasteiger partial charge in [-0.1, -0.05) is 11.6 Å². The van der Waals surface area contributed by atoms with Crippen LogP contribution in [0.1, 0.15) is 0 Å². The number of nitrogens with two attached hydrogens (primary N) is 1. The van der Waals surface area contributed by atoms with Crippen LogP contribution < -0.4 is 11.3 Å². The minimum absolute atomic E-state index is 0.210. The van der Waals surface area contributed by atoms with Crippen molar-refractivity contribution in [2.24, 2.45) is 0 Å². The number of rotatable bonds is 1. The minimum Gasteiger partial charge on any atom is -0.398 e. The Bertz CT molecular complexity index is 550. The van der Waals surface area contributed by atoms with Crippen LogP contribution in [-0.4, -0.2) is 9.78 Å². The Morgan fingerprint density at radius 1 is 1.33 bits per heavy atom. The molecule has 2 N–H and O–H groups in total. The summed E-state index contributed by atoms with van der Waals surface area (Å²) in [6.07, 6.45) is 1.53. The molecule has 0 spiro atoms. The highest BCUT2D eigenvalue weighted by Crippen LogP contribution is 2.20. The maximum Gasteiger partial charge on any atom is 0.271 e. The Morgan fingerprint density at radius 3 is 2.80 bits per heavy atom. The third kappa shape index (κ3) is 1.85. The number of hydrogen-bond acceptors (Lipinski definition) is 3. The first kappa shape index (κ1) is 9.73. The van der Waals surface area contributed by atoms with Crippen LogP contribution in [0.15, 0.2) is 41.3 Å². The lowest BCUT2D eigenvalue weighted by Gasteiger charge is -2.04. The van der Waals surface area contributed by atoms with Crippen molar-refractivity contribution in [3.63, 3.8) is 0 Å². The average molecular weight is 222 g/mol. The lowest BCUT2D eigenvalue weighted by atomic mass is 10.3. The molecule has 0 amide bonds. The summed E-state index contributed by atoms with van der Waals surface area (Å²) in [5, 5.41) is 4.33. The highest BCUT2D eigenvalue weighted by Gasteiger charge is 2.02. The van der Waals surface area contributed by atoms with Crippen LogP contribution in [0.5, 0.6) is 0 Å². The van der Waals surface area contributed by atoms with Gasteiger partial charge in [-0.15, -0.1) is 0 Å². The van der Waals surface area contributed by atoms with E-state index in [0.717, 1.165) is 0 Å². The van der Waals surface area contributed by atoms with Gasteiger partial charge in [-0.25, -0.2) is 0 Å². The van der Waals surface area contributed by atoms with E-state index in [1.807, 2.05) is 0 Å². The molecule has 76 valence electrons. The second kappa shape index (κ2) is 3.74. The van der Waals surface area contributed by atoms with Crippen molar-refractivity contribution in [1.82, 2.24) is 9.78 Å². The Labute approximate surface area is 90.9 Å². The summed E-state index contributed by atoms with van der Waals surface area (Å²) in [6, 6.07) is 7.94. The molecule has 4 nitrogen and oxygen atoms in total. The van der Waals surface area contributed by atoms with E-state index >= 15 is 0 Å². The van der Waals surface area contributed by atoms with Gasteiger partial charge in [0.2, 0.25) is 0 Å². The molecule has 1 aromatic carbocycles. The summed E-state index contributed by atoms with van der Waals surface area (Å²) in [4.78, 5) is 11.4. The number of nitrogens with zero attached hydrogens (tertiary/aromatic N) is 2. The summed E-state index contributed by atoms with van der Waals surface area (Å²) >= 11 is 5.85. The Kier molecular flexibility index (Phi) is 2.43. The van der Waals surface area contributed by atoms with Crippen molar-refractivity contribution < 1.29 is 0 Å². The number of halogens is 1. The van der Waals surface area contributed by atoms with Crippen molar-refractivity contribution in [3.05, 3.63) is 51.9 Å². The molecule has 0 radical (unpaired) electrons. The van der Waals surface area contributed by atoms with Gasteiger partial charge in [0, 0.05) is 12.3 Å². The minimum atomic E-state index is -0.210. The average Bonchev–Trinajstić information content (AvgIpc) is 2.23. The van der Waals surface area contributed by atoms with Crippen LogP contribution in [0.25, 0.3) is 5.69 Å². The zero-order chi connectivity index (χ0) is 10.8. The van der Waals surface area contributed by atoms with Gasteiger partial charge >= 0.3 is 0 Å². The molecule has 1 aromatic heterocycles. The zero-order valence-electron chi connectivity index (χ0n) is 7.72. The quantitative estimate of drug-likeness (QED) is 0.742. The van der Waals surface area contributed by atoms with E-state index in [0.29, 0.717) is 16.4 Å². The number of benzene rings is 1. The van der Waals surface area contributed by atoms with E-state index in [4.69, 9.17) is 17.3 Å². The van der Waals surface area contributed by atoms with Crippen molar-refractivity contribution in [2.75, 3.05) is 5.73 Å². The van der Waals surface area contributed by atoms with Gasteiger partial charge in [0.1, 0.15) is 0 Å². The van der Waals surface area contributed by atoms with E-state index in [-0.39, 0.29) is 5.56 Å². The number of anilines is 1. The van der Waals surface area contributed by atoms with Crippen molar-refractivity contribution in [3.8, 4) is 5.69 Å². The number of aromatic nitrogens is 2.